The molecule has 3 rings (SSSR count). The monoisotopic (exact) mass is 264 g/mol. The summed E-state index contributed by atoms with van der Waals surface area (Å²) in [6.07, 6.45) is 3.38. The van der Waals surface area contributed by atoms with Crippen molar-refractivity contribution in [1.82, 2.24) is 9.97 Å². The number of nitrogens with zero attached hydrogens (tertiary/aromatic N) is 1. The molecule has 2 aromatic heterocycles. The van der Waals surface area contributed by atoms with E-state index in [1.165, 1.54) is 13.0 Å². The first-order chi connectivity index (χ1) is 9.65. The van der Waals surface area contributed by atoms with Crippen LogP contribution in [0.1, 0.15) is 17.3 Å². The molecule has 0 aliphatic rings. The van der Waals surface area contributed by atoms with Crippen molar-refractivity contribution in [2.75, 3.05) is 0 Å². The van der Waals surface area contributed by atoms with E-state index in [1.807, 2.05) is 12.1 Å². The Bertz CT molecular complexity index is 851. The van der Waals surface area contributed by atoms with Crippen LogP contribution in [0.3, 0.4) is 0 Å². The zero-order chi connectivity index (χ0) is 14.1. The molecular formula is C16H12N2O2. The molecule has 1 aromatic carbocycles. The molecule has 0 bridgehead atoms. The second-order valence-corrected chi connectivity index (χ2v) is 4.61. The van der Waals surface area contributed by atoms with Crippen LogP contribution in [0.15, 0.2) is 53.6 Å². The number of carbonyl (C=O) groups is 1. The van der Waals surface area contributed by atoms with E-state index in [-0.39, 0.29) is 11.2 Å². The van der Waals surface area contributed by atoms with Crippen molar-refractivity contribution in [3.8, 4) is 11.3 Å². The summed E-state index contributed by atoms with van der Waals surface area (Å²) < 4.78 is 0. The third-order valence-corrected chi connectivity index (χ3v) is 3.21. The van der Waals surface area contributed by atoms with Gasteiger partial charge in [0.2, 0.25) is 0 Å². The van der Waals surface area contributed by atoms with E-state index in [1.54, 1.807) is 30.6 Å². The van der Waals surface area contributed by atoms with Gasteiger partial charge in [0, 0.05) is 40.5 Å². The Morgan fingerprint density at radius 1 is 1.20 bits per heavy atom. The summed E-state index contributed by atoms with van der Waals surface area (Å²) in [7, 11) is 0. The van der Waals surface area contributed by atoms with E-state index in [4.69, 9.17) is 0 Å². The van der Waals surface area contributed by atoms with Crippen LogP contribution in [-0.4, -0.2) is 15.8 Å². The SMILES string of the molecule is CC(=O)c1ccc2[nH]c(-c3cccnc3)cc(=O)c2c1. The summed E-state index contributed by atoms with van der Waals surface area (Å²) in [5.41, 5.74) is 2.70. The van der Waals surface area contributed by atoms with Gasteiger partial charge < -0.3 is 4.98 Å². The number of benzene rings is 1. The van der Waals surface area contributed by atoms with Gasteiger partial charge in [0.15, 0.2) is 11.2 Å². The van der Waals surface area contributed by atoms with Crippen LogP contribution < -0.4 is 5.43 Å². The summed E-state index contributed by atoms with van der Waals surface area (Å²) in [4.78, 5) is 30.8. The van der Waals surface area contributed by atoms with Gasteiger partial charge in [-0.15, -0.1) is 0 Å². The fourth-order valence-corrected chi connectivity index (χ4v) is 2.14. The molecule has 0 saturated heterocycles. The quantitative estimate of drug-likeness (QED) is 0.724. The number of aromatic amines is 1. The lowest BCUT2D eigenvalue weighted by Crippen LogP contribution is -2.04. The molecule has 0 atom stereocenters. The molecule has 2 heterocycles. The Morgan fingerprint density at radius 3 is 2.75 bits per heavy atom. The molecule has 98 valence electrons. The van der Waals surface area contributed by atoms with Crippen LogP contribution in [0.4, 0.5) is 0 Å². The summed E-state index contributed by atoms with van der Waals surface area (Å²) in [6.45, 7) is 1.49. The maximum Gasteiger partial charge on any atom is 0.190 e. The second-order valence-electron chi connectivity index (χ2n) is 4.61. The average Bonchev–Trinajstić information content (AvgIpc) is 2.47. The number of hydrogen-bond acceptors (Lipinski definition) is 3. The maximum atomic E-state index is 12.2. The number of carbonyl (C=O) groups excluding carboxylic acids is 1. The summed E-state index contributed by atoms with van der Waals surface area (Å²) >= 11 is 0. The van der Waals surface area contributed by atoms with Crippen molar-refractivity contribution < 1.29 is 4.79 Å². The number of Topliss-reactive ketones (excluding diaryl/α,β-unsaturated/α-hetero) is 1. The standard InChI is InChI=1S/C16H12N2O2/c1-10(19)11-4-5-14-13(7-11)16(20)8-15(18-14)12-3-2-6-17-9-12/h2-9H,1H3,(H,18,20). The molecule has 0 saturated carbocycles. The van der Waals surface area contributed by atoms with Crippen LogP contribution in [0, 0.1) is 0 Å². The van der Waals surface area contributed by atoms with E-state index >= 15 is 0 Å². The third kappa shape index (κ3) is 2.12. The highest BCUT2D eigenvalue weighted by molar-refractivity contribution is 5.98. The minimum Gasteiger partial charge on any atom is -0.354 e. The summed E-state index contributed by atoms with van der Waals surface area (Å²) in [5, 5.41) is 0.519. The van der Waals surface area contributed by atoms with Crippen LogP contribution in [-0.2, 0) is 0 Å². The lowest BCUT2D eigenvalue weighted by molar-refractivity contribution is 0.101. The van der Waals surface area contributed by atoms with Gasteiger partial charge in [-0.05, 0) is 37.3 Å². The Labute approximate surface area is 115 Å². The molecule has 4 heteroatoms. The first-order valence-electron chi connectivity index (χ1n) is 6.23. The largest absolute Gasteiger partial charge is 0.354 e. The number of pyridine rings is 2. The topological polar surface area (TPSA) is 62.8 Å². The molecular weight excluding hydrogens is 252 g/mol. The predicted octanol–water partition coefficient (Wildman–Crippen LogP) is 2.79. The van der Waals surface area contributed by atoms with Crippen LogP contribution >= 0.6 is 0 Å². The molecule has 0 spiro atoms. The molecule has 0 amide bonds. The van der Waals surface area contributed by atoms with Crippen molar-refractivity contribution in [1.29, 1.82) is 0 Å². The highest BCUT2D eigenvalue weighted by atomic mass is 16.1. The molecule has 0 unspecified atom stereocenters. The van der Waals surface area contributed by atoms with Gasteiger partial charge in [-0.1, -0.05) is 0 Å². The summed E-state index contributed by atoms with van der Waals surface area (Å²) in [6, 6.07) is 10.3. The minimum absolute atomic E-state index is 0.0531. The second kappa shape index (κ2) is 4.74. The van der Waals surface area contributed by atoms with Gasteiger partial charge in [-0.25, -0.2) is 0 Å². The maximum absolute atomic E-state index is 12.2. The Hall–Kier alpha value is -2.75. The number of aromatic nitrogens is 2. The number of ketones is 1. The molecule has 0 aliphatic carbocycles. The Morgan fingerprint density at radius 2 is 2.05 bits per heavy atom. The van der Waals surface area contributed by atoms with Crippen molar-refractivity contribution in [3.63, 3.8) is 0 Å². The normalized spacial score (nSPS) is 10.7. The van der Waals surface area contributed by atoms with Crippen LogP contribution in [0.2, 0.25) is 0 Å². The highest BCUT2D eigenvalue weighted by Gasteiger charge is 2.07. The molecule has 4 nitrogen and oxygen atoms in total. The fraction of sp³-hybridized carbons (Fsp3) is 0.0625. The van der Waals surface area contributed by atoms with Gasteiger partial charge in [0.05, 0.1) is 5.69 Å². The smallest absolute Gasteiger partial charge is 0.190 e. The molecule has 0 radical (unpaired) electrons. The number of rotatable bonds is 2. The van der Waals surface area contributed by atoms with Gasteiger partial charge in [-0.3, -0.25) is 14.6 Å². The molecule has 0 fully saturated rings. The van der Waals surface area contributed by atoms with Crippen molar-refractivity contribution in [3.05, 3.63) is 64.6 Å². The summed E-state index contributed by atoms with van der Waals surface area (Å²) in [5.74, 6) is -0.0531. The first-order valence-corrected chi connectivity index (χ1v) is 6.23. The minimum atomic E-state index is -0.110. The van der Waals surface area contributed by atoms with Crippen LogP contribution in [0.5, 0.6) is 0 Å². The molecule has 0 aliphatic heterocycles. The average molecular weight is 264 g/mol. The van der Waals surface area contributed by atoms with E-state index in [9.17, 15) is 9.59 Å². The lowest BCUT2D eigenvalue weighted by atomic mass is 10.1. The van der Waals surface area contributed by atoms with Gasteiger partial charge in [0.1, 0.15) is 0 Å². The molecule has 3 aromatic rings. The number of hydrogen-bond donors (Lipinski definition) is 1. The number of fused-ring (bicyclic) bond motifs is 1. The molecule has 20 heavy (non-hydrogen) atoms. The number of H-pyrrole nitrogens is 1. The van der Waals surface area contributed by atoms with E-state index in [0.717, 1.165) is 5.56 Å². The van der Waals surface area contributed by atoms with E-state index < -0.39 is 0 Å². The predicted molar refractivity (Wildman–Crippen MR) is 77.8 cm³/mol. The zero-order valence-electron chi connectivity index (χ0n) is 10.9. The highest BCUT2D eigenvalue weighted by Crippen LogP contribution is 2.18. The first kappa shape index (κ1) is 12.3. The fourth-order valence-electron chi connectivity index (χ4n) is 2.14. The Balaban J connectivity index is 2.24. The van der Waals surface area contributed by atoms with Gasteiger partial charge in [-0.2, -0.15) is 0 Å². The zero-order valence-corrected chi connectivity index (χ0v) is 10.9. The number of nitrogens with one attached hydrogen (secondary N) is 1. The van der Waals surface area contributed by atoms with Gasteiger partial charge in [0.25, 0.3) is 0 Å². The third-order valence-electron chi connectivity index (χ3n) is 3.21. The van der Waals surface area contributed by atoms with E-state index in [0.29, 0.717) is 22.2 Å². The van der Waals surface area contributed by atoms with Crippen molar-refractivity contribution >= 4 is 16.7 Å². The lowest BCUT2D eigenvalue weighted by Gasteiger charge is -2.05. The van der Waals surface area contributed by atoms with Crippen molar-refractivity contribution in [2.24, 2.45) is 0 Å². The molecule has 1 N–H and O–H groups in total. The van der Waals surface area contributed by atoms with Crippen molar-refractivity contribution in [2.45, 2.75) is 6.92 Å². The Kier molecular flexibility index (Phi) is 2.91. The van der Waals surface area contributed by atoms with Gasteiger partial charge >= 0.3 is 0 Å². The van der Waals surface area contributed by atoms with Crippen LogP contribution in [0.25, 0.3) is 22.2 Å². The van der Waals surface area contributed by atoms with E-state index in [2.05, 4.69) is 9.97 Å².